The molecule has 0 bridgehead atoms. The maximum atomic E-state index is 5.82. The van der Waals surface area contributed by atoms with Crippen molar-refractivity contribution >= 4 is 0 Å². The summed E-state index contributed by atoms with van der Waals surface area (Å²) in [6.07, 6.45) is 5.11. The van der Waals surface area contributed by atoms with Crippen LogP contribution in [-0.4, -0.2) is 51.3 Å². The van der Waals surface area contributed by atoms with Gasteiger partial charge in [-0.25, -0.2) is 0 Å². The van der Waals surface area contributed by atoms with Crippen LogP contribution in [0.25, 0.3) is 0 Å². The Balaban J connectivity index is 2.60. The first-order chi connectivity index (χ1) is 9.97. The molecule has 1 atom stereocenters. The standard InChI is InChI=1S/C18H38N2O/c1-16(2)7-10-20(11-8-17(3)4)14-18(13-19-5)9-6-12-21-15-18/h16-17,19H,6-15H2,1-5H3. The lowest BCUT2D eigenvalue weighted by Gasteiger charge is -2.41. The summed E-state index contributed by atoms with van der Waals surface area (Å²) in [5.41, 5.74) is 0.320. The monoisotopic (exact) mass is 298 g/mol. The van der Waals surface area contributed by atoms with Gasteiger partial charge in [-0.1, -0.05) is 27.7 Å². The van der Waals surface area contributed by atoms with Crippen LogP contribution in [0.15, 0.2) is 0 Å². The molecule has 0 spiro atoms. The topological polar surface area (TPSA) is 24.5 Å². The van der Waals surface area contributed by atoms with Crippen LogP contribution in [-0.2, 0) is 4.74 Å². The lowest BCUT2D eigenvalue weighted by molar-refractivity contribution is -0.0264. The molecule has 0 amide bonds. The average Bonchev–Trinajstić information content (AvgIpc) is 2.43. The van der Waals surface area contributed by atoms with Gasteiger partial charge >= 0.3 is 0 Å². The SMILES string of the molecule is CNCC1(CN(CCC(C)C)CCC(C)C)CCCOC1. The Kier molecular flexibility index (Phi) is 8.84. The molecule has 1 fully saturated rings. The first-order valence-corrected chi connectivity index (χ1v) is 8.92. The Labute approximate surface area is 132 Å². The summed E-state index contributed by atoms with van der Waals surface area (Å²) in [6.45, 7) is 15.9. The van der Waals surface area contributed by atoms with E-state index in [1.165, 1.54) is 45.3 Å². The molecule has 0 radical (unpaired) electrons. The van der Waals surface area contributed by atoms with Crippen molar-refractivity contribution in [2.45, 2.75) is 53.4 Å². The van der Waals surface area contributed by atoms with E-state index in [1.54, 1.807) is 0 Å². The molecule has 1 aliphatic rings. The maximum Gasteiger partial charge on any atom is 0.0546 e. The largest absolute Gasteiger partial charge is 0.381 e. The molecule has 1 N–H and O–H groups in total. The summed E-state index contributed by atoms with van der Waals surface area (Å²) in [4.78, 5) is 2.70. The van der Waals surface area contributed by atoms with Gasteiger partial charge in [0.15, 0.2) is 0 Å². The van der Waals surface area contributed by atoms with E-state index in [0.717, 1.165) is 31.6 Å². The predicted octanol–water partition coefficient (Wildman–Crippen LogP) is 3.40. The van der Waals surface area contributed by atoms with Gasteiger partial charge in [-0.3, -0.25) is 0 Å². The quantitative estimate of drug-likeness (QED) is 0.669. The fourth-order valence-corrected chi connectivity index (χ4v) is 3.23. The van der Waals surface area contributed by atoms with Crippen LogP contribution in [0.2, 0.25) is 0 Å². The second-order valence-corrected chi connectivity index (χ2v) is 7.83. The van der Waals surface area contributed by atoms with Gasteiger partial charge < -0.3 is 15.0 Å². The maximum absolute atomic E-state index is 5.82. The fourth-order valence-electron chi connectivity index (χ4n) is 3.23. The van der Waals surface area contributed by atoms with E-state index >= 15 is 0 Å². The highest BCUT2D eigenvalue weighted by Crippen LogP contribution is 2.29. The molecule has 3 heteroatoms. The van der Waals surface area contributed by atoms with Crippen molar-refractivity contribution in [3.63, 3.8) is 0 Å². The van der Waals surface area contributed by atoms with Crippen LogP contribution in [0.4, 0.5) is 0 Å². The fraction of sp³-hybridized carbons (Fsp3) is 1.00. The molecule has 1 unspecified atom stereocenters. The Bertz CT molecular complexity index is 242. The van der Waals surface area contributed by atoms with Crippen LogP contribution >= 0.6 is 0 Å². The van der Waals surface area contributed by atoms with E-state index in [9.17, 15) is 0 Å². The molecule has 1 heterocycles. The lowest BCUT2D eigenvalue weighted by atomic mass is 9.81. The van der Waals surface area contributed by atoms with E-state index in [4.69, 9.17) is 4.74 Å². The molecule has 126 valence electrons. The second kappa shape index (κ2) is 9.81. The van der Waals surface area contributed by atoms with Gasteiger partial charge in [0.1, 0.15) is 0 Å². The first kappa shape index (κ1) is 18.9. The molecule has 0 aromatic heterocycles. The summed E-state index contributed by atoms with van der Waals surface area (Å²) in [7, 11) is 2.07. The Morgan fingerprint density at radius 3 is 2.14 bits per heavy atom. The summed E-state index contributed by atoms with van der Waals surface area (Å²) < 4.78 is 5.82. The van der Waals surface area contributed by atoms with Crippen molar-refractivity contribution in [1.29, 1.82) is 0 Å². The van der Waals surface area contributed by atoms with Crippen molar-refractivity contribution in [2.75, 3.05) is 46.4 Å². The predicted molar refractivity (Wildman–Crippen MR) is 91.8 cm³/mol. The van der Waals surface area contributed by atoms with Crippen molar-refractivity contribution in [2.24, 2.45) is 17.3 Å². The molecule has 3 nitrogen and oxygen atoms in total. The molecule has 0 aromatic rings. The van der Waals surface area contributed by atoms with Crippen molar-refractivity contribution in [3.8, 4) is 0 Å². The summed E-state index contributed by atoms with van der Waals surface area (Å²) in [5, 5.41) is 3.41. The number of hydrogen-bond acceptors (Lipinski definition) is 3. The van der Waals surface area contributed by atoms with E-state index in [1.807, 2.05) is 0 Å². The number of nitrogens with one attached hydrogen (secondary N) is 1. The van der Waals surface area contributed by atoms with E-state index in [-0.39, 0.29) is 0 Å². The van der Waals surface area contributed by atoms with Crippen molar-refractivity contribution in [1.82, 2.24) is 10.2 Å². The highest BCUT2D eigenvalue weighted by molar-refractivity contribution is 4.87. The number of rotatable bonds is 10. The van der Waals surface area contributed by atoms with Gasteiger partial charge in [0.2, 0.25) is 0 Å². The minimum atomic E-state index is 0.320. The highest BCUT2D eigenvalue weighted by atomic mass is 16.5. The third kappa shape index (κ3) is 7.62. The summed E-state index contributed by atoms with van der Waals surface area (Å²) in [5.74, 6) is 1.57. The molecular weight excluding hydrogens is 260 g/mol. The third-order valence-corrected chi connectivity index (χ3v) is 4.56. The molecule has 1 saturated heterocycles. The smallest absolute Gasteiger partial charge is 0.0546 e. The number of nitrogens with zero attached hydrogens (tertiary/aromatic N) is 1. The van der Waals surface area contributed by atoms with Crippen LogP contribution in [0, 0.1) is 17.3 Å². The zero-order valence-corrected chi connectivity index (χ0v) is 15.1. The van der Waals surface area contributed by atoms with Gasteiger partial charge in [0.05, 0.1) is 6.61 Å². The minimum absolute atomic E-state index is 0.320. The second-order valence-electron chi connectivity index (χ2n) is 7.83. The lowest BCUT2D eigenvalue weighted by Crippen LogP contribution is -2.49. The van der Waals surface area contributed by atoms with Crippen molar-refractivity contribution in [3.05, 3.63) is 0 Å². The zero-order valence-electron chi connectivity index (χ0n) is 15.1. The van der Waals surface area contributed by atoms with Gasteiger partial charge in [-0.05, 0) is 57.7 Å². The molecule has 1 aliphatic heterocycles. The van der Waals surface area contributed by atoms with E-state index in [0.29, 0.717) is 5.41 Å². The highest BCUT2D eigenvalue weighted by Gasteiger charge is 2.34. The Hall–Kier alpha value is -0.120. The average molecular weight is 299 g/mol. The first-order valence-electron chi connectivity index (χ1n) is 8.92. The third-order valence-electron chi connectivity index (χ3n) is 4.56. The van der Waals surface area contributed by atoms with Gasteiger partial charge in [-0.15, -0.1) is 0 Å². The van der Waals surface area contributed by atoms with E-state index in [2.05, 4.69) is 45.0 Å². The summed E-state index contributed by atoms with van der Waals surface area (Å²) in [6, 6.07) is 0. The zero-order chi connectivity index (χ0) is 15.7. The van der Waals surface area contributed by atoms with Gasteiger partial charge in [0.25, 0.3) is 0 Å². The van der Waals surface area contributed by atoms with Gasteiger partial charge in [0, 0.05) is 25.1 Å². The Morgan fingerprint density at radius 1 is 1.10 bits per heavy atom. The molecule has 0 aromatic carbocycles. The van der Waals surface area contributed by atoms with Gasteiger partial charge in [-0.2, -0.15) is 0 Å². The normalized spacial score (nSPS) is 23.4. The molecule has 21 heavy (non-hydrogen) atoms. The molecule has 1 rings (SSSR count). The number of ether oxygens (including phenoxy) is 1. The van der Waals surface area contributed by atoms with E-state index < -0.39 is 0 Å². The van der Waals surface area contributed by atoms with Crippen LogP contribution in [0.1, 0.15) is 53.4 Å². The van der Waals surface area contributed by atoms with Crippen molar-refractivity contribution < 1.29 is 4.74 Å². The molecule has 0 aliphatic carbocycles. The molecular formula is C18H38N2O. The van der Waals surface area contributed by atoms with Crippen LogP contribution in [0.3, 0.4) is 0 Å². The van der Waals surface area contributed by atoms with Crippen LogP contribution in [0.5, 0.6) is 0 Å². The molecule has 0 saturated carbocycles. The summed E-state index contributed by atoms with van der Waals surface area (Å²) >= 11 is 0. The minimum Gasteiger partial charge on any atom is -0.381 e. The van der Waals surface area contributed by atoms with Crippen LogP contribution < -0.4 is 5.32 Å². The Morgan fingerprint density at radius 2 is 1.71 bits per heavy atom. The number of hydrogen-bond donors (Lipinski definition) is 1.